The second kappa shape index (κ2) is 9.07. The van der Waals surface area contributed by atoms with E-state index in [0.29, 0.717) is 31.9 Å². The first-order chi connectivity index (χ1) is 10.4. The van der Waals surface area contributed by atoms with E-state index >= 15 is 0 Å². The van der Waals surface area contributed by atoms with Crippen molar-refractivity contribution in [2.24, 2.45) is 0 Å². The van der Waals surface area contributed by atoms with Crippen molar-refractivity contribution in [2.45, 2.75) is 19.0 Å². The van der Waals surface area contributed by atoms with Crippen LogP contribution >= 0.6 is 12.4 Å². The maximum absolute atomic E-state index is 11.8. The van der Waals surface area contributed by atoms with E-state index in [1.165, 1.54) is 0 Å². The quantitative estimate of drug-likeness (QED) is 0.683. The van der Waals surface area contributed by atoms with Gasteiger partial charge in [-0.05, 0) is 17.7 Å². The van der Waals surface area contributed by atoms with Crippen LogP contribution in [0.25, 0.3) is 0 Å². The Balaban J connectivity index is 0.00000264. The van der Waals surface area contributed by atoms with Gasteiger partial charge in [-0.15, -0.1) is 12.4 Å². The summed E-state index contributed by atoms with van der Waals surface area (Å²) in [5.74, 6) is -0.0404. The Hall–Kier alpha value is -1.35. The summed E-state index contributed by atoms with van der Waals surface area (Å²) in [6.07, 6.45) is 1.48. The van der Waals surface area contributed by atoms with Crippen LogP contribution in [0.3, 0.4) is 0 Å². The molecule has 130 valence electrons. The smallest absolute Gasteiger partial charge is 0.229 e. The molecule has 0 bridgehead atoms. The minimum atomic E-state index is -3.27. The van der Waals surface area contributed by atoms with Gasteiger partial charge in [0.15, 0.2) is 0 Å². The third-order valence-corrected chi connectivity index (χ3v) is 3.78. The molecule has 1 heterocycles. The van der Waals surface area contributed by atoms with Crippen LogP contribution in [0.2, 0.25) is 0 Å². The Labute approximate surface area is 142 Å². The van der Waals surface area contributed by atoms with Crippen molar-refractivity contribution in [3.8, 4) is 0 Å². The molecule has 3 N–H and O–H groups in total. The number of anilines is 1. The molecule has 1 aliphatic heterocycles. The first kappa shape index (κ1) is 19.7. The van der Waals surface area contributed by atoms with E-state index in [-0.39, 0.29) is 24.4 Å². The average molecular weight is 364 g/mol. The molecule has 1 amide bonds. The number of amides is 1. The highest BCUT2D eigenvalue weighted by Crippen LogP contribution is 2.10. The van der Waals surface area contributed by atoms with Crippen LogP contribution in [0, 0.1) is 0 Å². The van der Waals surface area contributed by atoms with Gasteiger partial charge in [0, 0.05) is 31.2 Å². The highest BCUT2D eigenvalue weighted by Gasteiger charge is 2.16. The van der Waals surface area contributed by atoms with E-state index in [1.807, 2.05) is 0 Å². The fourth-order valence-corrected chi connectivity index (χ4v) is 2.72. The molecule has 1 unspecified atom stereocenters. The predicted octanol–water partition coefficient (Wildman–Crippen LogP) is 0.475. The van der Waals surface area contributed by atoms with Gasteiger partial charge in [0.1, 0.15) is 0 Å². The van der Waals surface area contributed by atoms with Crippen molar-refractivity contribution in [3.05, 3.63) is 29.8 Å². The van der Waals surface area contributed by atoms with Crippen LogP contribution in [0.4, 0.5) is 5.69 Å². The Kier molecular flexibility index (Phi) is 7.77. The summed E-state index contributed by atoms with van der Waals surface area (Å²) in [5.41, 5.74) is 1.40. The second-order valence-corrected chi connectivity index (χ2v) is 7.03. The molecule has 1 saturated heterocycles. The zero-order valence-electron chi connectivity index (χ0n) is 12.9. The summed E-state index contributed by atoms with van der Waals surface area (Å²) < 4.78 is 29.9. The highest BCUT2D eigenvalue weighted by atomic mass is 35.5. The summed E-state index contributed by atoms with van der Waals surface area (Å²) in [6, 6.07) is 6.94. The van der Waals surface area contributed by atoms with Crippen molar-refractivity contribution >= 4 is 34.0 Å². The lowest BCUT2D eigenvalue weighted by atomic mass is 10.1. The van der Waals surface area contributed by atoms with Crippen LogP contribution < -0.4 is 15.4 Å². The predicted molar refractivity (Wildman–Crippen MR) is 91.2 cm³/mol. The number of ether oxygens (including phenoxy) is 1. The van der Waals surface area contributed by atoms with Crippen molar-refractivity contribution in [3.63, 3.8) is 0 Å². The molecular weight excluding hydrogens is 342 g/mol. The maximum Gasteiger partial charge on any atom is 0.229 e. The largest absolute Gasteiger partial charge is 0.378 e. The number of sulfonamides is 1. The first-order valence-corrected chi connectivity index (χ1v) is 8.96. The number of benzene rings is 1. The van der Waals surface area contributed by atoms with Gasteiger partial charge in [-0.3, -0.25) is 9.52 Å². The van der Waals surface area contributed by atoms with E-state index in [9.17, 15) is 13.2 Å². The minimum Gasteiger partial charge on any atom is -0.378 e. The number of halogens is 1. The lowest BCUT2D eigenvalue weighted by Crippen LogP contribution is -2.44. The SMILES string of the molecule is CS(=O)(=O)Nc1ccc(CNC(=O)CC2COCCN2)cc1.Cl. The normalized spacial score (nSPS) is 17.9. The summed E-state index contributed by atoms with van der Waals surface area (Å²) in [7, 11) is -3.27. The third kappa shape index (κ3) is 7.65. The molecule has 7 nitrogen and oxygen atoms in total. The van der Waals surface area contributed by atoms with Crippen LogP contribution in [0.5, 0.6) is 0 Å². The van der Waals surface area contributed by atoms with Crippen LogP contribution in [0.15, 0.2) is 24.3 Å². The fraction of sp³-hybridized carbons (Fsp3) is 0.500. The molecule has 0 saturated carbocycles. The number of rotatable bonds is 6. The highest BCUT2D eigenvalue weighted by molar-refractivity contribution is 7.92. The van der Waals surface area contributed by atoms with Gasteiger partial charge < -0.3 is 15.4 Å². The van der Waals surface area contributed by atoms with E-state index < -0.39 is 10.0 Å². The molecule has 23 heavy (non-hydrogen) atoms. The summed E-state index contributed by atoms with van der Waals surface area (Å²) in [6.45, 7) is 2.42. The molecule has 0 spiro atoms. The van der Waals surface area contributed by atoms with Crippen molar-refractivity contribution < 1.29 is 17.9 Å². The zero-order valence-corrected chi connectivity index (χ0v) is 14.5. The molecular formula is C14H22ClN3O4S. The zero-order chi connectivity index (χ0) is 16.0. The van der Waals surface area contributed by atoms with Gasteiger partial charge in [0.25, 0.3) is 0 Å². The van der Waals surface area contributed by atoms with Crippen molar-refractivity contribution in [1.82, 2.24) is 10.6 Å². The van der Waals surface area contributed by atoms with Crippen LogP contribution in [0.1, 0.15) is 12.0 Å². The Morgan fingerprint density at radius 3 is 2.61 bits per heavy atom. The monoisotopic (exact) mass is 363 g/mol. The van der Waals surface area contributed by atoms with Gasteiger partial charge in [-0.25, -0.2) is 8.42 Å². The molecule has 0 aromatic heterocycles. The minimum absolute atomic E-state index is 0. The Morgan fingerprint density at radius 1 is 1.35 bits per heavy atom. The molecule has 0 radical (unpaired) electrons. The summed E-state index contributed by atoms with van der Waals surface area (Å²) in [4.78, 5) is 11.8. The fourth-order valence-electron chi connectivity index (χ4n) is 2.15. The molecule has 0 aliphatic carbocycles. The molecule has 1 aromatic rings. The standard InChI is InChI=1S/C14H21N3O4S.ClH/c1-22(19,20)17-12-4-2-11(3-5-12)9-16-14(18)8-13-10-21-7-6-15-13;/h2-5,13,15,17H,6-10H2,1H3,(H,16,18);1H. The van der Waals surface area contributed by atoms with E-state index in [2.05, 4.69) is 15.4 Å². The van der Waals surface area contributed by atoms with Crippen molar-refractivity contribution in [1.29, 1.82) is 0 Å². The maximum atomic E-state index is 11.8. The number of nitrogens with one attached hydrogen (secondary N) is 3. The van der Waals surface area contributed by atoms with Gasteiger partial charge in [0.2, 0.25) is 15.9 Å². The number of morpholine rings is 1. The van der Waals surface area contributed by atoms with E-state index in [0.717, 1.165) is 18.4 Å². The van der Waals surface area contributed by atoms with Crippen molar-refractivity contribution in [2.75, 3.05) is 30.7 Å². The van der Waals surface area contributed by atoms with Gasteiger partial charge in [-0.1, -0.05) is 12.1 Å². The first-order valence-electron chi connectivity index (χ1n) is 7.07. The lowest BCUT2D eigenvalue weighted by molar-refractivity contribution is -0.122. The topological polar surface area (TPSA) is 96.5 Å². The number of hydrogen-bond donors (Lipinski definition) is 3. The number of hydrogen-bond acceptors (Lipinski definition) is 5. The summed E-state index contributed by atoms with van der Waals surface area (Å²) >= 11 is 0. The third-order valence-electron chi connectivity index (χ3n) is 3.18. The lowest BCUT2D eigenvalue weighted by Gasteiger charge is -2.23. The Morgan fingerprint density at radius 2 is 2.04 bits per heavy atom. The van der Waals surface area contributed by atoms with Crippen LogP contribution in [-0.4, -0.2) is 46.4 Å². The van der Waals surface area contributed by atoms with Gasteiger partial charge in [0.05, 0.1) is 19.5 Å². The van der Waals surface area contributed by atoms with E-state index in [4.69, 9.17) is 4.74 Å². The average Bonchev–Trinajstić information content (AvgIpc) is 2.46. The van der Waals surface area contributed by atoms with E-state index in [1.54, 1.807) is 24.3 Å². The summed E-state index contributed by atoms with van der Waals surface area (Å²) in [5, 5.41) is 6.07. The molecule has 1 fully saturated rings. The molecule has 1 aromatic carbocycles. The number of carbonyl (C=O) groups excluding carboxylic acids is 1. The second-order valence-electron chi connectivity index (χ2n) is 5.28. The molecule has 9 heteroatoms. The molecule has 1 atom stereocenters. The Bertz CT molecular complexity index is 601. The van der Waals surface area contributed by atoms with Gasteiger partial charge in [-0.2, -0.15) is 0 Å². The van der Waals surface area contributed by atoms with Crippen LogP contribution in [-0.2, 0) is 26.1 Å². The molecule has 1 aliphatic rings. The molecule has 2 rings (SSSR count). The number of carbonyl (C=O) groups is 1. The van der Waals surface area contributed by atoms with Gasteiger partial charge >= 0.3 is 0 Å².